The SMILES string of the molecule is O=C(O)c1c(Oc2ccc(Cl)c(Cl)c2)nc2sccn12. The molecule has 5 nitrogen and oxygen atoms in total. The van der Waals surface area contributed by atoms with E-state index >= 15 is 0 Å². The molecule has 0 amide bonds. The van der Waals surface area contributed by atoms with Crippen LogP contribution < -0.4 is 4.74 Å². The number of aromatic nitrogens is 2. The molecule has 20 heavy (non-hydrogen) atoms. The standard InChI is InChI=1S/C12H6Cl2N2O3S/c13-7-2-1-6(5-8(7)14)19-10-9(11(17)18)16-3-4-20-12(16)15-10/h1-5H,(H,17,18). The molecule has 0 radical (unpaired) electrons. The lowest BCUT2D eigenvalue weighted by molar-refractivity contribution is 0.0686. The van der Waals surface area contributed by atoms with Crippen molar-refractivity contribution in [1.82, 2.24) is 9.38 Å². The van der Waals surface area contributed by atoms with E-state index in [1.54, 1.807) is 23.7 Å². The number of nitrogens with zero attached hydrogens (tertiary/aromatic N) is 2. The number of carbonyl (C=O) groups is 1. The maximum Gasteiger partial charge on any atom is 0.358 e. The van der Waals surface area contributed by atoms with Gasteiger partial charge in [0.05, 0.1) is 10.0 Å². The number of hydrogen-bond acceptors (Lipinski definition) is 4. The molecule has 0 saturated heterocycles. The minimum Gasteiger partial charge on any atom is -0.476 e. The van der Waals surface area contributed by atoms with Gasteiger partial charge in [-0.1, -0.05) is 23.2 Å². The molecule has 0 fully saturated rings. The molecule has 0 aliphatic heterocycles. The maximum absolute atomic E-state index is 11.3. The number of thiazole rings is 1. The molecule has 0 saturated carbocycles. The van der Waals surface area contributed by atoms with Gasteiger partial charge in [0.25, 0.3) is 5.88 Å². The molecule has 2 heterocycles. The summed E-state index contributed by atoms with van der Waals surface area (Å²) in [7, 11) is 0. The Morgan fingerprint density at radius 1 is 1.35 bits per heavy atom. The second kappa shape index (κ2) is 4.97. The van der Waals surface area contributed by atoms with Crippen molar-refractivity contribution >= 4 is 45.5 Å². The van der Waals surface area contributed by atoms with Gasteiger partial charge in [-0.05, 0) is 12.1 Å². The Hall–Kier alpha value is -1.76. The van der Waals surface area contributed by atoms with Crippen LogP contribution in [0.15, 0.2) is 29.8 Å². The summed E-state index contributed by atoms with van der Waals surface area (Å²) in [6.07, 6.45) is 1.62. The van der Waals surface area contributed by atoms with E-state index in [0.717, 1.165) is 0 Å². The van der Waals surface area contributed by atoms with E-state index < -0.39 is 5.97 Å². The highest BCUT2D eigenvalue weighted by Crippen LogP contribution is 2.31. The van der Waals surface area contributed by atoms with Crippen molar-refractivity contribution in [3.8, 4) is 11.6 Å². The van der Waals surface area contributed by atoms with Crippen molar-refractivity contribution < 1.29 is 14.6 Å². The van der Waals surface area contributed by atoms with Gasteiger partial charge in [-0.3, -0.25) is 4.40 Å². The number of halogens is 2. The maximum atomic E-state index is 11.3. The van der Waals surface area contributed by atoms with Crippen LogP contribution in [0.1, 0.15) is 10.5 Å². The zero-order valence-electron chi connectivity index (χ0n) is 9.71. The van der Waals surface area contributed by atoms with Gasteiger partial charge in [-0.15, -0.1) is 11.3 Å². The van der Waals surface area contributed by atoms with E-state index in [-0.39, 0.29) is 11.6 Å². The Labute approximate surface area is 127 Å². The molecule has 3 aromatic rings. The van der Waals surface area contributed by atoms with Crippen LogP contribution in [-0.4, -0.2) is 20.5 Å². The summed E-state index contributed by atoms with van der Waals surface area (Å²) in [5, 5.41) is 11.7. The number of ether oxygens (including phenoxy) is 1. The van der Waals surface area contributed by atoms with Crippen LogP contribution in [0.2, 0.25) is 10.0 Å². The Kier molecular flexibility index (Phi) is 3.29. The number of hydrogen-bond donors (Lipinski definition) is 1. The number of benzene rings is 1. The fourth-order valence-electron chi connectivity index (χ4n) is 1.68. The molecular formula is C12H6Cl2N2O3S. The van der Waals surface area contributed by atoms with Crippen molar-refractivity contribution in [3.63, 3.8) is 0 Å². The largest absolute Gasteiger partial charge is 0.476 e. The van der Waals surface area contributed by atoms with Crippen LogP contribution in [0.5, 0.6) is 11.6 Å². The summed E-state index contributed by atoms with van der Waals surface area (Å²) in [6, 6.07) is 4.66. The highest BCUT2D eigenvalue weighted by molar-refractivity contribution is 7.15. The molecule has 3 rings (SSSR count). The van der Waals surface area contributed by atoms with Crippen LogP contribution in [-0.2, 0) is 0 Å². The van der Waals surface area contributed by atoms with Crippen molar-refractivity contribution in [2.75, 3.05) is 0 Å². The normalized spacial score (nSPS) is 10.9. The minimum atomic E-state index is -1.12. The first kappa shape index (κ1) is 13.2. The molecule has 0 unspecified atom stereocenters. The smallest absolute Gasteiger partial charge is 0.358 e. The fourth-order valence-corrected chi connectivity index (χ4v) is 2.68. The third-order valence-corrected chi connectivity index (χ3v) is 4.03. The molecule has 0 atom stereocenters. The molecule has 0 bridgehead atoms. The first-order valence-corrected chi connectivity index (χ1v) is 7.01. The fraction of sp³-hybridized carbons (Fsp3) is 0. The second-order valence-corrected chi connectivity index (χ2v) is 5.49. The lowest BCUT2D eigenvalue weighted by Gasteiger charge is -2.04. The molecule has 8 heteroatoms. The number of carboxylic acids is 1. The zero-order valence-corrected chi connectivity index (χ0v) is 12.0. The van der Waals surface area contributed by atoms with Crippen LogP contribution in [0.3, 0.4) is 0 Å². The number of carboxylic acid groups (broad SMARTS) is 1. The van der Waals surface area contributed by atoms with E-state index in [2.05, 4.69) is 4.98 Å². The van der Waals surface area contributed by atoms with Crippen LogP contribution in [0.4, 0.5) is 0 Å². The van der Waals surface area contributed by atoms with Gasteiger partial charge < -0.3 is 9.84 Å². The third-order valence-electron chi connectivity index (χ3n) is 2.54. The van der Waals surface area contributed by atoms with E-state index in [4.69, 9.17) is 27.9 Å². The van der Waals surface area contributed by atoms with E-state index in [1.165, 1.54) is 21.8 Å². The van der Waals surface area contributed by atoms with Gasteiger partial charge in [0.15, 0.2) is 10.7 Å². The van der Waals surface area contributed by atoms with Gasteiger partial charge in [0.2, 0.25) is 0 Å². The topological polar surface area (TPSA) is 63.8 Å². The van der Waals surface area contributed by atoms with Gasteiger partial charge in [-0.25, -0.2) is 4.79 Å². The van der Waals surface area contributed by atoms with Gasteiger partial charge in [0, 0.05) is 17.6 Å². The van der Waals surface area contributed by atoms with Crippen LogP contribution in [0.25, 0.3) is 4.96 Å². The van der Waals surface area contributed by atoms with E-state index in [0.29, 0.717) is 20.8 Å². The first-order valence-electron chi connectivity index (χ1n) is 5.38. The minimum absolute atomic E-state index is 0.0164. The van der Waals surface area contributed by atoms with E-state index in [1.807, 2.05) is 0 Å². The number of imidazole rings is 1. The number of aromatic carboxylic acids is 1. The molecule has 102 valence electrons. The lowest BCUT2D eigenvalue weighted by Crippen LogP contribution is -2.02. The predicted octanol–water partition coefficient (Wildman–Crippen LogP) is 4.19. The van der Waals surface area contributed by atoms with Crippen molar-refractivity contribution in [2.45, 2.75) is 0 Å². The molecule has 0 spiro atoms. The molecule has 0 aliphatic carbocycles. The van der Waals surface area contributed by atoms with Crippen molar-refractivity contribution in [1.29, 1.82) is 0 Å². The molecule has 0 aliphatic rings. The van der Waals surface area contributed by atoms with E-state index in [9.17, 15) is 9.90 Å². The number of rotatable bonds is 3. The summed E-state index contributed by atoms with van der Waals surface area (Å²) >= 11 is 13.0. The van der Waals surface area contributed by atoms with Crippen LogP contribution in [0, 0.1) is 0 Å². The molecule has 1 N–H and O–H groups in total. The second-order valence-electron chi connectivity index (χ2n) is 3.80. The Balaban J connectivity index is 2.05. The first-order chi connectivity index (χ1) is 9.56. The third kappa shape index (κ3) is 2.22. The van der Waals surface area contributed by atoms with Crippen LogP contribution >= 0.6 is 34.5 Å². The van der Waals surface area contributed by atoms with Crippen molar-refractivity contribution in [3.05, 3.63) is 45.5 Å². The van der Waals surface area contributed by atoms with Gasteiger partial charge in [-0.2, -0.15) is 4.98 Å². The summed E-state index contributed by atoms with van der Waals surface area (Å²) in [5.41, 5.74) is -0.0349. The summed E-state index contributed by atoms with van der Waals surface area (Å²) in [4.78, 5) is 16.0. The summed E-state index contributed by atoms with van der Waals surface area (Å²) in [6.45, 7) is 0. The Morgan fingerprint density at radius 3 is 2.85 bits per heavy atom. The highest BCUT2D eigenvalue weighted by Gasteiger charge is 2.21. The van der Waals surface area contributed by atoms with Gasteiger partial charge in [0.1, 0.15) is 5.75 Å². The van der Waals surface area contributed by atoms with Gasteiger partial charge >= 0.3 is 5.97 Å². The monoisotopic (exact) mass is 328 g/mol. The predicted molar refractivity (Wildman–Crippen MR) is 76.6 cm³/mol. The highest BCUT2D eigenvalue weighted by atomic mass is 35.5. The molecule has 1 aromatic carbocycles. The molecule has 2 aromatic heterocycles. The molecular weight excluding hydrogens is 323 g/mol. The average Bonchev–Trinajstić information content (AvgIpc) is 2.93. The Morgan fingerprint density at radius 2 is 2.15 bits per heavy atom. The van der Waals surface area contributed by atoms with Crippen molar-refractivity contribution in [2.24, 2.45) is 0 Å². The zero-order chi connectivity index (χ0) is 14.3. The lowest BCUT2D eigenvalue weighted by atomic mass is 10.3. The summed E-state index contributed by atoms with van der Waals surface area (Å²) < 4.78 is 6.96. The Bertz CT molecular complexity index is 812. The number of fused-ring (bicyclic) bond motifs is 1. The quantitative estimate of drug-likeness (QED) is 0.782. The average molecular weight is 329 g/mol. The summed E-state index contributed by atoms with van der Waals surface area (Å²) in [5.74, 6) is -0.735.